The van der Waals surface area contributed by atoms with Gasteiger partial charge in [-0.15, -0.1) is 0 Å². The zero-order valence-corrected chi connectivity index (χ0v) is 16.8. The molecular formula is C19H14ClFN4O4S. The number of nitrogens with one attached hydrogen (secondary N) is 3. The van der Waals surface area contributed by atoms with Gasteiger partial charge >= 0.3 is 0 Å². The predicted molar refractivity (Wildman–Crippen MR) is 108 cm³/mol. The fourth-order valence-electron chi connectivity index (χ4n) is 2.68. The molecule has 0 fully saturated rings. The van der Waals surface area contributed by atoms with Crippen molar-refractivity contribution in [2.75, 3.05) is 6.54 Å². The number of nitrogens with zero attached hydrogens (tertiary/aromatic N) is 1. The highest BCUT2D eigenvalue weighted by Gasteiger charge is 2.20. The second-order valence-electron chi connectivity index (χ2n) is 6.15. The highest BCUT2D eigenvalue weighted by Crippen LogP contribution is 2.19. The lowest BCUT2D eigenvalue weighted by molar-refractivity contribution is 0.0949. The summed E-state index contributed by atoms with van der Waals surface area (Å²) >= 11 is 5.81. The normalized spacial score (nSPS) is 11.2. The summed E-state index contributed by atoms with van der Waals surface area (Å²) in [6.07, 6.45) is 1.06. The lowest BCUT2D eigenvalue weighted by Crippen LogP contribution is -2.29. The minimum Gasteiger partial charge on any atom is -0.358 e. The van der Waals surface area contributed by atoms with Crippen LogP contribution in [-0.4, -0.2) is 25.9 Å². The summed E-state index contributed by atoms with van der Waals surface area (Å²) in [5, 5.41) is 11.3. The number of carbonyl (C=O) groups is 1. The topological polar surface area (TPSA) is 132 Å². The van der Waals surface area contributed by atoms with Gasteiger partial charge in [0.1, 0.15) is 11.4 Å². The van der Waals surface area contributed by atoms with Crippen LogP contribution in [0.2, 0.25) is 5.02 Å². The van der Waals surface area contributed by atoms with E-state index in [1.165, 1.54) is 0 Å². The predicted octanol–water partition coefficient (Wildman–Crippen LogP) is 2.05. The number of hydrogen-bond donors (Lipinski definition) is 3. The summed E-state index contributed by atoms with van der Waals surface area (Å²) in [4.78, 5) is 27.2. The monoisotopic (exact) mass is 448 g/mol. The van der Waals surface area contributed by atoms with Gasteiger partial charge in [0.05, 0.1) is 28.4 Å². The van der Waals surface area contributed by atoms with Crippen molar-refractivity contribution in [3.05, 3.63) is 74.8 Å². The number of amides is 1. The summed E-state index contributed by atoms with van der Waals surface area (Å²) in [6, 6.07) is 9.98. The lowest BCUT2D eigenvalue weighted by atomic mass is 10.1. The van der Waals surface area contributed by atoms with Gasteiger partial charge in [-0.2, -0.15) is 9.98 Å². The van der Waals surface area contributed by atoms with E-state index < -0.39 is 38.6 Å². The Bertz CT molecular complexity index is 1330. The van der Waals surface area contributed by atoms with Crippen LogP contribution in [0, 0.1) is 17.1 Å². The van der Waals surface area contributed by atoms with Gasteiger partial charge in [-0.1, -0.05) is 23.7 Å². The number of nitriles is 1. The molecule has 0 saturated heterocycles. The minimum absolute atomic E-state index is 0.119. The van der Waals surface area contributed by atoms with Crippen molar-refractivity contribution in [3.8, 4) is 6.07 Å². The number of rotatable bonds is 6. The third kappa shape index (κ3) is 4.49. The van der Waals surface area contributed by atoms with Crippen LogP contribution in [0.25, 0.3) is 10.9 Å². The average Bonchev–Trinajstić information content (AvgIpc) is 2.72. The Hall–Kier alpha value is -3.26. The fraction of sp³-hybridized carbons (Fsp3) is 0.105. The van der Waals surface area contributed by atoms with E-state index in [-0.39, 0.29) is 23.0 Å². The Morgan fingerprint density at radius 3 is 2.60 bits per heavy atom. The van der Waals surface area contributed by atoms with E-state index in [1.54, 1.807) is 30.3 Å². The van der Waals surface area contributed by atoms with E-state index in [2.05, 4.69) is 10.3 Å². The van der Waals surface area contributed by atoms with Crippen molar-refractivity contribution < 1.29 is 17.6 Å². The quantitative estimate of drug-likeness (QED) is 0.496. The summed E-state index contributed by atoms with van der Waals surface area (Å²) in [5.74, 6) is -1.71. The molecule has 2 aromatic carbocycles. The molecule has 3 rings (SSSR count). The number of aromatic amines is 1. The summed E-state index contributed by atoms with van der Waals surface area (Å²) in [7, 11) is -4.21. The largest absolute Gasteiger partial charge is 0.358 e. The van der Waals surface area contributed by atoms with Crippen LogP contribution in [0.4, 0.5) is 4.39 Å². The first kappa shape index (κ1) is 21.4. The molecule has 0 saturated carbocycles. The van der Waals surface area contributed by atoms with Crippen LogP contribution in [0.5, 0.6) is 0 Å². The molecule has 154 valence electrons. The van der Waals surface area contributed by atoms with Crippen LogP contribution in [0.3, 0.4) is 0 Å². The first-order chi connectivity index (χ1) is 14.2. The second-order valence-corrected chi connectivity index (χ2v) is 8.35. The smallest absolute Gasteiger partial charge is 0.257 e. The van der Waals surface area contributed by atoms with Crippen molar-refractivity contribution in [1.29, 1.82) is 5.26 Å². The van der Waals surface area contributed by atoms with Gasteiger partial charge in [0.2, 0.25) is 15.5 Å². The molecule has 0 unspecified atom stereocenters. The zero-order chi connectivity index (χ0) is 21.9. The Morgan fingerprint density at radius 1 is 1.23 bits per heavy atom. The molecule has 0 bridgehead atoms. The Labute approximate surface area is 175 Å². The van der Waals surface area contributed by atoms with Crippen molar-refractivity contribution in [3.63, 3.8) is 0 Å². The molecule has 1 heterocycles. The number of fused-ring (bicyclic) bond motifs is 1. The lowest BCUT2D eigenvalue weighted by Gasteiger charge is -2.09. The van der Waals surface area contributed by atoms with E-state index in [0.717, 1.165) is 23.9 Å². The van der Waals surface area contributed by atoms with Crippen molar-refractivity contribution in [2.24, 2.45) is 0 Å². The molecule has 1 amide bonds. The molecular weight excluding hydrogens is 435 g/mol. The number of benzene rings is 2. The van der Waals surface area contributed by atoms with Gasteiger partial charge in [-0.05, 0) is 29.8 Å². The molecule has 3 aromatic rings. The van der Waals surface area contributed by atoms with Crippen LogP contribution in [0.15, 0.2) is 52.3 Å². The summed E-state index contributed by atoms with van der Waals surface area (Å²) < 4.78 is 40.7. The van der Waals surface area contributed by atoms with Gasteiger partial charge in [0.25, 0.3) is 5.91 Å². The highest BCUT2D eigenvalue weighted by molar-refractivity contribution is 7.89. The Kier molecular flexibility index (Phi) is 6.17. The van der Waals surface area contributed by atoms with Gasteiger partial charge in [-0.3, -0.25) is 9.59 Å². The van der Waals surface area contributed by atoms with Crippen LogP contribution < -0.4 is 15.5 Å². The van der Waals surface area contributed by atoms with Gasteiger partial charge < -0.3 is 10.3 Å². The van der Waals surface area contributed by atoms with Crippen LogP contribution >= 0.6 is 11.6 Å². The summed E-state index contributed by atoms with van der Waals surface area (Å²) in [6.45, 7) is -0.403. The molecule has 8 nitrogen and oxygen atoms in total. The van der Waals surface area contributed by atoms with E-state index in [4.69, 9.17) is 16.9 Å². The molecule has 0 aliphatic carbocycles. The second kappa shape index (κ2) is 8.62. The average molecular weight is 449 g/mol. The molecule has 0 aliphatic rings. The minimum atomic E-state index is -4.21. The molecule has 30 heavy (non-hydrogen) atoms. The zero-order valence-electron chi connectivity index (χ0n) is 15.2. The van der Waals surface area contributed by atoms with E-state index in [1.807, 2.05) is 4.72 Å². The van der Waals surface area contributed by atoms with Crippen molar-refractivity contribution >= 4 is 38.4 Å². The van der Waals surface area contributed by atoms with Crippen LogP contribution in [-0.2, 0) is 16.6 Å². The number of pyridine rings is 1. The van der Waals surface area contributed by atoms with Gasteiger partial charge in [0, 0.05) is 17.8 Å². The number of sulfonamides is 1. The van der Waals surface area contributed by atoms with E-state index >= 15 is 0 Å². The first-order valence-corrected chi connectivity index (χ1v) is 10.3. The maximum Gasteiger partial charge on any atom is 0.257 e. The van der Waals surface area contributed by atoms with E-state index in [9.17, 15) is 22.4 Å². The van der Waals surface area contributed by atoms with Crippen molar-refractivity contribution in [1.82, 2.24) is 15.0 Å². The number of H-pyrrole nitrogens is 1. The SMILES string of the molecule is N#CCNS(=O)(=O)c1cc(F)c2[nH]cc(C(=O)NCc3ccc(Cl)cc3)c(=O)c2c1. The standard InChI is InChI=1S/C19H14ClFN4O4S/c20-12-3-1-11(2-4-12)9-24-19(27)15-10-23-17-14(18(15)26)7-13(8-16(17)21)30(28,29)25-6-5-22/h1-4,7-8,10,25H,6,9H2,(H,23,26)(H,24,27). The Morgan fingerprint density at radius 2 is 1.93 bits per heavy atom. The number of halogens is 2. The molecule has 11 heteroatoms. The molecule has 0 atom stereocenters. The number of carbonyl (C=O) groups excluding carboxylic acids is 1. The van der Waals surface area contributed by atoms with E-state index in [0.29, 0.717) is 5.02 Å². The number of aromatic nitrogens is 1. The Balaban J connectivity index is 1.96. The molecule has 3 N–H and O–H groups in total. The summed E-state index contributed by atoms with van der Waals surface area (Å²) in [5.41, 5.74) is -0.648. The van der Waals surface area contributed by atoms with Crippen LogP contribution in [0.1, 0.15) is 15.9 Å². The van der Waals surface area contributed by atoms with Gasteiger partial charge in [-0.25, -0.2) is 12.8 Å². The fourth-order valence-corrected chi connectivity index (χ4v) is 3.76. The molecule has 0 aliphatic heterocycles. The highest BCUT2D eigenvalue weighted by atomic mass is 35.5. The molecule has 0 radical (unpaired) electrons. The maximum atomic E-state index is 14.4. The number of hydrogen-bond acceptors (Lipinski definition) is 5. The third-order valence-corrected chi connectivity index (χ3v) is 5.81. The molecule has 1 aromatic heterocycles. The maximum absolute atomic E-state index is 14.4. The third-order valence-electron chi connectivity index (χ3n) is 4.18. The van der Waals surface area contributed by atoms with Gasteiger partial charge in [0.15, 0.2) is 0 Å². The first-order valence-electron chi connectivity index (χ1n) is 8.47. The van der Waals surface area contributed by atoms with Crippen molar-refractivity contribution in [2.45, 2.75) is 11.4 Å². The molecule has 0 spiro atoms.